The van der Waals surface area contributed by atoms with Gasteiger partial charge in [0.2, 0.25) is 0 Å². The molecule has 0 saturated carbocycles. The van der Waals surface area contributed by atoms with E-state index in [9.17, 15) is 9.36 Å². The Hall–Kier alpha value is -1.05. The van der Waals surface area contributed by atoms with Gasteiger partial charge < -0.3 is 0 Å². The molecule has 0 amide bonds. The van der Waals surface area contributed by atoms with Gasteiger partial charge in [-0.2, -0.15) is 0 Å². The van der Waals surface area contributed by atoms with Crippen LogP contribution in [-0.2, 0) is 25.9 Å². The minimum Gasteiger partial charge on any atom is -0.300 e. The maximum Gasteiger partial charge on any atom is 0.328 e. The second-order valence-electron chi connectivity index (χ2n) is 4.69. The van der Waals surface area contributed by atoms with E-state index in [1.165, 1.54) is 5.56 Å². The fraction of sp³-hybridized carbons (Fsp3) is 0.462. The van der Waals surface area contributed by atoms with E-state index in [2.05, 4.69) is 13.8 Å². The molecule has 1 rings (SSSR count). The average Bonchev–Trinajstić information content (AvgIpc) is 2.29. The standard InChI is InChI=1S/C13H17O3P/c1-10(2)8-11-4-6-12(7-5-11)13(3,9-14)16-17-15/h4-7,9-10H,8H2,1-3H3. The minimum absolute atomic E-state index is 0.492. The molecule has 1 aromatic carbocycles. The summed E-state index contributed by atoms with van der Waals surface area (Å²) < 4.78 is 15.4. The molecule has 0 heterocycles. The first-order valence-corrected chi connectivity index (χ1v) is 6.31. The van der Waals surface area contributed by atoms with Crippen molar-refractivity contribution in [3.63, 3.8) is 0 Å². The Morgan fingerprint density at radius 1 is 1.35 bits per heavy atom. The third-order valence-electron chi connectivity index (χ3n) is 2.62. The van der Waals surface area contributed by atoms with Crippen LogP contribution in [0, 0.1) is 5.92 Å². The Labute approximate surface area is 103 Å². The SMILES string of the molecule is CC(C)Cc1ccc(C(C)(C=O)OP=O)cc1. The van der Waals surface area contributed by atoms with Crippen LogP contribution >= 0.6 is 8.69 Å². The lowest BCUT2D eigenvalue weighted by atomic mass is 9.95. The molecule has 0 N–H and O–H groups in total. The molecule has 0 aliphatic heterocycles. The number of carbonyl (C=O) groups is 1. The predicted octanol–water partition coefficient (Wildman–Crippen LogP) is 3.52. The van der Waals surface area contributed by atoms with Crippen LogP contribution in [0.4, 0.5) is 0 Å². The number of aldehydes is 1. The Morgan fingerprint density at radius 2 is 1.94 bits per heavy atom. The van der Waals surface area contributed by atoms with Crippen LogP contribution < -0.4 is 0 Å². The van der Waals surface area contributed by atoms with Gasteiger partial charge in [-0.25, -0.2) is 4.57 Å². The molecule has 0 fully saturated rings. The Kier molecular flexibility index (Phi) is 4.98. The van der Waals surface area contributed by atoms with E-state index in [1.807, 2.05) is 24.3 Å². The van der Waals surface area contributed by atoms with Gasteiger partial charge in [-0.05, 0) is 30.4 Å². The molecule has 0 aromatic heterocycles. The quantitative estimate of drug-likeness (QED) is 0.574. The van der Waals surface area contributed by atoms with Gasteiger partial charge in [0.1, 0.15) is 0 Å². The van der Waals surface area contributed by atoms with Crippen molar-refractivity contribution in [2.75, 3.05) is 0 Å². The number of benzene rings is 1. The highest BCUT2D eigenvalue weighted by atomic mass is 31.1. The fourth-order valence-corrected chi connectivity index (χ4v) is 1.97. The zero-order chi connectivity index (χ0) is 12.9. The van der Waals surface area contributed by atoms with Gasteiger partial charge >= 0.3 is 8.69 Å². The lowest BCUT2D eigenvalue weighted by Crippen LogP contribution is -2.24. The molecule has 17 heavy (non-hydrogen) atoms. The summed E-state index contributed by atoms with van der Waals surface area (Å²) in [5, 5.41) is 0. The van der Waals surface area contributed by atoms with E-state index in [1.54, 1.807) is 6.92 Å². The van der Waals surface area contributed by atoms with Gasteiger partial charge in [0, 0.05) is 0 Å². The van der Waals surface area contributed by atoms with Crippen LogP contribution in [0.25, 0.3) is 0 Å². The Balaban J connectivity index is 2.92. The average molecular weight is 252 g/mol. The van der Waals surface area contributed by atoms with E-state index in [0.29, 0.717) is 17.8 Å². The molecule has 1 unspecified atom stereocenters. The van der Waals surface area contributed by atoms with E-state index in [0.717, 1.165) is 6.42 Å². The van der Waals surface area contributed by atoms with Crippen LogP contribution in [0.2, 0.25) is 0 Å². The fourth-order valence-electron chi connectivity index (χ4n) is 1.66. The van der Waals surface area contributed by atoms with E-state index < -0.39 is 14.3 Å². The summed E-state index contributed by atoms with van der Waals surface area (Å²) in [4.78, 5) is 11.0. The molecule has 0 aliphatic rings. The van der Waals surface area contributed by atoms with Crippen molar-refractivity contribution in [3.05, 3.63) is 35.4 Å². The molecule has 0 radical (unpaired) electrons. The number of carbonyl (C=O) groups excluding carboxylic acids is 1. The Morgan fingerprint density at radius 3 is 2.35 bits per heavy atom. The predicted molar refractivity (Wildman–Crippen MR) is 67.1 cm³/mol. The van der Waals surface area contributed by atoms with Gasteiger partial charge in [-0.1, -0.05) is 38.1 Å². The number of rotatable bonds is 6. The molecule has 92 valence electrons. The Bertz CT molecular complexity index is 386. The van der Waals surface area contributed by atoms with Crippen LogP contribution in [0.5, 0.6) is 0 Å². The molecule has 0 saturated heterocycles. The third-order valence-corrected chi connectivity index (χ3v) is 3.08. The molecule has 0 spiro atoms. The maximum absolute atomic E-state index is 11.0. The van der Waals surface area contributed by atoms with E-state index in [4.69, 9.17) is 4.52 Å². The molecule has 0 aliphatic carbocycles. The molecular formula is C13H17O3P. The summed E-state index contributed by atoms with van der Waals surface area (Å²) in [6, 6.07) is 7.64. The summed E-state index contributed by atoms with van der Waals surface area (Å²) in [5.41, 5.74) is 0.791. The lowest BCUT2D eigenvalue weighted by Gasteiger charge is -2.20. The first kappa shape index (κ1) is 14.0. The molecule has 4 heteroatoms. The summed E-state index contributed by atoms with van der Waals surface area (Å²) in [7, 11) is -0.492. The molecular weight excluding hydrogens is 235 g/mol. The second kappa shape index (κ2) is 6.04. The van der Waals surface area contributed by atoms with Crippen molar-refractivity contribution < 1.29 is 13.9 Å². The van der Waals surface area contributed by atoms with Crippen LogP contribution in [0.3, 0.4) is 0 Å². The molecule has 1 atom stereocenters. The van der Waals surface area contributed by atoms with Crippen LogP contribution in [-0.4, -0.2) is 6.29 Å². The highest BCUT2D eigenvalue weighted by Gasteiger charge is 2.27. The van der Waals surface area contributed by atoms with Gasteiger partial charge in [0.05, 0.1) is 0 Å². The van der Waals surface area contributed by atoms with Gasteiger partial charge in [-0.15, -0.1) is 0 Å². The molecule has 3 nitrogen and oxygen atoms in total. The maximum atomic E-state index is 11.0. The van der Waals surface area contributed by atoms with Gasteiger partial charge in [-0.3, -0.25) is 9.32 Å². The molecule has 0 bridgehead atoms. The van der Waals surface area contributed by atoms with E-state index in [-0.39, 0.29) is 0 Å². The van der Waals surface area contributed by atoms with Crippen LogP contribution in [0.1, 0.15) is 31.9 Å². The largest absolute Gasteiger partial charge is 0.328 e. The summed E-state index contributed by atoms with van der Waals surface area (Å²) in [5.74, 6) is 0.592. The lowest BCUT2D eigenvalue weighted by molar-refractivity contribution is -0.120. The first-order chi connectivity index (χ1) is 8.01. The smallest absolute Gasteiger partial charge is 0.300 e. The molecule has 1 aromatic rings. The van der Waals surface area contributed by atoms with E-state index >= 15 is 0 Å². The monoisotopic (exact) mass is 252 g/mol. The highest BCUT2D eigenvalue weighted by molar-refractivity contribution is 7.17. The number of hydrogen-bond donors (Lipinski definition) is 0. The third kappa shape index (κ3) is 3.72. The highest BCUT2D eigenvalue weighted by Crippen LogP contribution is 2.27. The van der Waals surface area contributed by atoms with Crippen molar-refractivity contribution in [2.24, 2.45) is 5.92 Å². The topological polar surface area (TPSA) is 43.4 Å². The second-order valence-corrected chi connectivity index (χ2v) is 5.02. The van der Waals surface area contributed by atoms with Crippen molar-refractivity contribution >= 4 is 15.0 Å². The van der Waals surface area contributed by atoms with Crippen molar-refractivity contribution in [2.45, 2.75) is 32.8 Å². The first-order valence-electron chi connectivity index (χ1n) is 5.58. The zero-order valence-corrected chi connectivity index (χ0v) is 11.2. The van der Waals surface area contributed by atoms with Crippen molar-refractivity contribution in [3.8, 4) is 0 Å². The minimum atomic E-state index is -1.14. The van der Waals surface area contributed by atoms with Gasteiger partial charge in [0.15, 0.2) is 11.9 Å². The van der Waals surface area contributed by atoms with Crippen molar-refractivity contribution in [1.29, 1.82) is 0 Å². The van der Waals surface area contributed by atoms with Gasteiger partial charge in [0.25, 0.3) is 0 Å². The normalized spacial score (nSPS) is 14.8. The zero-order valence-electron chi connectivity index (χ0n) is 10.3. The summed E-state index contributed by atoms with van der Waals surface area (Å²) in [6.45, 7) is 5.91. The number of hydrogen-bond acceptors (Lipinski definition) is 3. The summed E-state index contributed by atoms with van der Waals surface area (Å²) >= 11 is 0. The summed E-state index contributed by atoms with van der Waals surface area (Å²) in [6.07, 6.45) is 1.66. The van der Waals surface area contributed by atoms with Crippen LogP contribution in [0.15, 0.2) is 24.3 Å². The van der Waals surface area contributed by atoms with Crippen molar-refractivity contribution in [1.82, 2.24) is 0 Å².